The zero-order valence-corrected chi connectivity index (χ0v) is 23.3. The Morgan fingerprint density at radius 2 is 1.13 bits per heavy atom. The minimum absolute atomic E-state index is 0.0914. The van der Waals surface area contributed by atoms with Crippen LogP contribution in [0.15, 0.2) is 60.9 Å². The molecule has 5 heteroatoms. The highest BCUT2D eigenvalue weighted by atomic mass is 19.1. The van der Waals surface area contributed by atoms with Crippen molar-refractivity contribution in [1.29, 1.82) is 0 Å². The maximum Gasteiger partial charge on any atom is 0.159 e. The van der Waals surface area contributed by atoms with E-state index in [1.807, 2.05) is 67.8 Å². The summed E-state index contributed by atoms with van der Waals surface area (Å²) in [7, 11) is 0. The predicted molar refractivity (Wildman–Crippen MR) is 156 cm³/mol. The minimum Gasteiger partial charge on any atom is -0.494 e. The molecule has 4 nitrogen and oxygen atoms in total. The summed E-state index contributed by atoms with van der Waals surface area (Å²) < 4.78 is 25.1. The van der Waals surface area contributed by atoms with Gasteiger partial charge in [-0.15, -0.1) is 0 Å². The molecule has 0 saturated heterocycles. The van der Waals surface area contributed by atoms with Crippen molar-refractivity contribution >= 4 is 0 Å². The first-order valence-corrected chi connectivity index (χ1v) is 14.6. The zero-order valence-electron chi connectivity index (χ0n) is 23.3. The fraction of sp³-hybridized carbons (Fsp3) is 0.515. The van der Waals surface area contributed by atoms with Crippen LogP contribution in [0.1, 0.15) is 90.9 Å². The van der Waals surface area contributed by atoms with Crippen LogP contribution in [-0.4, -0.2) is 29.4 Å². The van der Waals surface area contributed by atoms with Gasteiger partial charge in [-0.1, -0.05) is 90.2 Å². The van der Waals surface area contributed by atoms with E-state index >= 15 is 0 Å². The van der Waals surface area contributed by atoms with E-state index in [-0.39, 0.29) is 6.61 Å². The Balaban J connectivity index is 1.37. The Kier molecular flexibility index (Phi) is 13.7. The van der Waals surface area contributed by atoms with E-state index in [4.69, 9.17) is 9.47 Å². The molecule has 0 aliphatic carbocycles. The molecule has 2 aromatic carbocycles. The van der Waals surface area contributed by atoms with Gasteiger partial charge in [0, 0.05) is 23.5 Å². The Morgan fingerprint density at radius 1 is 0.605 bits per heavy atom. The molecule has 0 amide bonds. The van der Waals surface area contributed by atoms with E-state index < -0.39 is 6.17 Å². The van der Waals surface area contributed by atoms with Gasteiger partial charge in [0.2, 0.25) is 0 Å². The van der Waals surface area contributed by atoms with E-state index in [2.05, 4.69) is 16.9 Å². The molecule has 38 heavy (non-hydrogen) atoms. The Bertz CT molecular complexity index is 1010. The van der Waals surface area contributed by atoms with Gasteiger partial charge >= 0.3 is 0 Å². The second kappa shape index (κ2) is 17.5. The van der Waals surface area contributed by atoms with Gasteiger partial charge in [-0.2, -0.15) is 0 Å². The van der Waals surface area contributed by atoms with Crippen LogP contribution < -0.4 is 9.47 Å². The molecule has 0 N–H and O–H groups in total. The van der Waals surface area contributed by atoms with Crippen molar-refractivity contribution in [3.05, 3.63) is 60.9 Å². The average Bonchev–Trinajstić information content (AvgIpc) is 2.96. The molecule has 0 aliphatic rings. The van der Waals surface area contributed by atoms with Crippen molar-refractivity contribution < 1.29 is 13.9 Å². The van der Waals surface area contributed by atoms with E-state index in [0.717, 1.165) is 41.9 Å². The van der Waals surface area contributed by atoms with Gasteiger partial charge in [0.15, 0.2) is 5.82 Å². The Morgan fingerprint density at radius 3 is 1.71 bits per heavy atom. The van der Waals surface area contributed by atoms with E-state index in [1.54, 1.807) is 0 Å². The number of unbranched alkanes of at least 4 members (excludes halogenated alkanes) is 9. The molecule has 1 heterocycles. The van der Waals surface area contributed by atoms with Crippen LogP contribution in [-0.2, 0) is 0 Å². The number of benzene rings is 2. The van der Waals surface area contributed by atoms with Crippen molar-refractivity contribution in [2.75, 3.05) is 13.2 Å². The van der Waals surface area contributed by atoms with Crippen LogP contribution in [0.25, 0.3) is 22.5 Å². The zero-order chi connectivity index (χ0) is 26.8. The molecule has 0 bridgehead atoms. The molecule has 0 radical (unpaired) electrons. The highest BCUT2D eigenvalue weighted by Gasteiger charge is 2.07. The number of hydrogen-bond donors (Lipinski definition) is 0. The molecular weight excluding hydrogens is 475 g/mol. The monoisotopic (exact) mass is 520 g/mol. The standard InChI is InChI=1S/C33H45FN2O2/c1-3-5-6-7-8-9-10-11-12-13-23-37-31-21-17-28(18-22-31)33-35-24-29(25-36-33)27-15-19-32(20-16-27)38-26-30(34)14-4-2/h15-22,24-25,30H,3-14,23,26H2,1-2H3. The smallest absolute Gasteiger partial charge is 0.159 e. The van der Waals surface area contributed by atoms with Crippen molar-refractivity contribution in [3.63, 3.8) is 0 Å². The fourth-order valence-electron chi connectivity index (χ4n) is 4.43. The first-order chi connectivity index (χ1) is 18.7. The van der Waals surface area contributed by atoms with Crippen molar-refractivity contribution in [1.82, 2.24) is 9.97 Å². The van der Waals surface area contributed by atoms with E-state index in [1.165, 1.54) is 57.8 Å². The summed E-state index contributed by atoms with van der Waals surface area (Å²) in [5.41, 5.74) is 2.87. The number of halogens is 1. The van der Waals surface area contributed by atoms with Gasteiger partial charge in [0.1, 0.15) is 24.3 Å². The van der Waals surface area contributed by atoms with Crippen LogP contribution in [0.4, 0.5) is 4.39 Å². The summed E-state index contributed by atoms with van der Waals surface area (Å²) in [6.07, 6.45) is 17.3. The van der Waals surface area contributed by atoms with Gasteiger partial charge in [0.05, 0.1) is 6.61 Å². The Labute approximate surface area is 229 Å². The topological polar surface area (TPSA) is 44.2 Å². The molecule has 0 aliphatic heterocycles. The molecule has 0 spiro atoms. The summed E-state index contributed by atoms with van der Waals surface area (Å²) in [6, 6.07) is 15.6. The summed E-state index contributed by atoms with van der Waals surface area (Å²) in [5.74, 6) is 2.23. The summed E-state index contributed by atoms with van der Waals surface area (Å²) in [6.45, 7) is 5.09. The van der Waals surface area contributed by atoms with Gasteiger partial charge in [-0.05, 0) is 54.8 Å². The molecule has 1 unspecified atom stereocenters. The number of aromatic nitrogens is 2. The molecule has 206 valence electrons. The highest BCUT2D eigenvalue weighted by Crippen LogP contribution is 2.24. The SMILES string of the molecule is CCCCCCCCCCCCOc1ccc(-c2ncc(-c3ccc(OCC(F)CCC)cc3)cn2)cc1. The quantitative estimate of drug-likeness (QED) is 0.148. The van der Waals surface area contributed by atoms with Gasteiger partial charge in [-0.3, -0.25) is 0 Å². The second-order valence-corrected chi connectivity index (χ2v) is 10.1. The predicted octanol–water partition coefficient (Wildman–Crippen LogP) is 9.63. The van der Waals surface area contributed by atoms with Gasteiger partial charge in [0.25, 0.3) is 0 Å². The van der Waals surface area contributed by atoms with E-state index in [0.29, 0.717) is 18.0 Å². The van der Waals surface area contributed by atoms with Crippen molar-refractivity contribution in [3.8, 4) is 34.0 Å². The maximum atomic E-state index is 13.6. The number of nitrogens with zero attached hydrogens (tertiary/aromatic N) is 2. The lowest BCUT2D eigenvalue weighted by Crippen LogP contribution is -2.12. The number of ether oxygens (including phenoxy) is 2. The normalized spacial score (nSPS) is 11.9. The largest absolute Gasteiger partial charge is 0.494 e. The average molecular weight is 521 g/mol. The number of hydrogen-bond acceptors (Lipinski definition) is 4. The molecule has 0 fully saturated rings. The molecule has 3 aromatic rings. The highest BCUT2D eigenvalue weighted by molar-refractivity contribution is 5.64. The minimum atomic E-state index is -0.925. The molecule has 3 rings (SSSR count). The van der Waals surface area contributed by atoms with Crippen molar-refractivity contribution in [2.24, 2.45) is 0 Å². The lowest BCUT2D eigenvalue weighted by atomic mass is 10.1. The first kappa shape index (κ1) is 29.6. The van der Waals surface area contributed by atoms with Crippen LogP contribution in [0, 0.1) is 0 Å². The summed E-state index contributed by atoms with van der Waals surface area (Å²) in [4.78, 5) is 9.11. The lowest BCUT2D eigenvalue weighted by Gasteiger charge is -2.10. The molecule has 0 saturated carbocycles. The summed E-state index contributed by atoms with van der Waals surface area (Å²) >= 11 is 0. The molecule has 1 atom stereocenters. The van der Waals surface area contributed by atoms with Crippen LogP contribution in [0.2, 0.25) is 0 Å². The first-order valence-electron chi connectivity index (χ1n) is 14.6. The number of rotatable bonds is 19. The van der Waals surface area contributed by atoms with E-state index in [9.17, 15) is 4.39 Å². The third-order valence-electron chi connectivity index (χ3n) is 6.75. The maximum absolute atomic E-state index is 13.6. The lowest BCUT2D eigenvalue weighted by molar-refractivity contribution is 0.186. The van der Waals surface area contributed by atoms with Crippen LogP contribution in [0.3, 0.4) is 0 Å². The van der Waals surface area contributed by atoms with Crippen LogP contribution >= 0.6 is 0 Å². The molecule has 1 aromatic heterocycles. The third kappa shape index (κ3) is 10.8. The molecular formula is C33H45FN2O2. The van der Waals surface area contributed by atoms with Gasteiger partial charge in [-0.25, -0.2) is 14.4 Å². The van der Waals surface area contributed by atoms with Crippen molar-refractivity contribution in [2.45, 2.75) is 97.1 Å². The van der Waals surface area contributed by atoms with Crippen LogP contribution in [0.5, 0.6) is 11.5 Å². The second-order valence-electron chi connectivity index (χ2n) is 10.1. The summed E-state index contributed by atoms with van der Waals surface area (Å²) in [5, 5.41) is 0. The Hall–Kier alpha value is -2.95. The third-order valence-corrected chi connectivity index (χ3v) is 6.75. The van der Waals surface area contributed by atoms with Gasteiger partial charge < -0.3 is 9.47 Å². The number of alkyl halides is 1. The fourth-order valence-corrected chi connectivity index (χ4v) is 4.43.